The predicted octanol–water partition coefficient (Wildman–Crippen LogP) is 4.05. The van der Waals surface area contributed by atoms with Gasteiger partial charge < -0.3 is 15.5 Å². The molecule has 148 valence electrons. The lowest BCUT2D eigenvalue weighted by Crippen LogP contribution is -2.33. The third-order valence-electron chi connectivity index (χ3n) is 5.02. The monoisotopic (exact) mass is 379 g/mol. The molecule has 2 aromatic rings. The summed E-state index contributed by atoms with van der Waals surface area (Å²) in [6, 6.07) is 13.6. The van der Waals surface area contributed by atoms with Crippen molar-refractivity contribution in [2.45, 2.75) is 39.5 Å². The molecule has 0 saturated carbocycles. The number of nitrogens with one attached hydrogen (secondary N) is 2. The van der Waals surface area contributed by atoms with Gasteiger partial charge in [0.2, 0.25) is 5.91 Å². The van der Waals surface area contributed by atoms with E-state index in [1.807, 2.05) is 50.2 Å². The van der Waals surface area contributed by atoms with Crippen molar-refractivity contribution >= 4 is 23.2 Å². The Labute approximate surface area is 167 Å². The van der Waals surface area contributed by atoms with Gasteiger partial charge in [0, 0.05) is 18.7 Å². The highest BCUT2D eigenvalue weighted by Gasteiger charge is 2.15. The molecule has 5 heteroatoms. The standard InChI is InChI=1S/C23H29N3O2/c1-17-13-18(2)15-19(14-17)23(28)24-16-22(27)25-20-9-5-6-10-21(20)26-11-7-3-4-8-12-26/h5-6,9-10,13-15H,3-4,7-8,11-12,16H2,1-2H3,(H,24,28)(H,25,27). The number of nitrogens with zero attached hydrogens (tertiary/aromatic N) is 1. The highest BCUT2D eigenvalue weighted by molar-refractivity contribution is 6.00. The average molecular weight is 380 g/mol. The van der Waals surface area contributed by atoms with Gasteiger partial charge in [-0.1, -0.05) is 42.2 Å². The van der Waals surface area contributed by atoms with Gasteiger partial charge in [-0.25, -0.2) is 0 Å². The zero-order valence-electron chi connectivity index (χ0n) is 16.8. The molecule has 1 aliphatic rings. The number of hydrogen-bond donors (Lipinski definition) is 2. The Kier molecular flexibility index (Phi) is 6.69. The maximum Gasteiger partial charge on any atom is 0.251 e. The largest absolute Gasteiger partial charge is 0.370 e. The van der Waals surface area contributed by atoms with Crippen LogP contribution in [-0.2, 0) is 4.79 Å². The fourth-order valence-electron chi connectivity index (χ4n) is 3.73. The third-order valence-corrected chi connectivity index (χ3v) is 5.02. The van der Waals surface area contributed by atoms with Crippen LogP contribution < -0.4 is 15.5 Å². The van der Waals surface area contributed by atoms with Crippen LogP contribution in [0.2, 0.25) is 0 Å². The van der Waals surface area contributed by atoms with Gasteiger partial charge in [0.1, 0.15) is 0 Å². The lowest BCUT2D eigenvalue weighted by atomic mass is 10.1. The molecule has 1 fully saturated rings. The number of para-hydroxylation sites is 2. The van der Waals surface area contributed by atoms with E-state index >= 15 is 0 Å². The summed E-state index contributed by atoms with van der Waals surface area (Å²) in [6.45, 7) is 5.87. The number of hydrogen-bond acceptors (Lipinski definition) is 3. The quantitative estimate of drug-likeness (QED) is 0.824. The molecule has 0 bridgehead atoms. The molecule has 0 atom stereocenters. The highest BCUT2D eigenvalue weighted by Crippen LogP contribution is 2.27. The Morgan fingerprint density at radius 2 is 1.57 bits per heavy atom. The minimum atomic E-state index is -0.234. The van der Waals surface area contributed by atoms with E-state index in [9.17, 15) is 9.59 Å². The molecule has 2 N–H and O–H groups in total. The summed E-state index contributed by atoms with van der Waals surface area (Å²) in [4.78, 5) is 27.1. The topological polar surface area (TPSA) is 61.4 Å². The number of carbonyl (C=O) groups excluding carboxylic acids is 2. The number of carbonyl (C=O) groups is 2. The summed E-state index contributed by atoms with van der Waals surface area (Å²) >= 11 is 0. The zero-order valence-corrected chi connectivity index (χ0v) is 16.8. The molecule has 1 saturated heterocycles. The van der Waals surface area contributed by atoms with Crippen molar-refractivity contribution in [3.8, 4) is 0 Å². The number of amides is 2. The zero-order chi connectivity index (χ0) is 19.9. The van der Waals surface area contributed by atoms with Crippen molar-refractivity contribution in [3.05, 3.63) is 59.2 Å². The van der Waals surface area contributed by atoms with Crippen LogP contribution >= 0.6 is 0 Å². The summed E-state index contributed by atoms with van der Waals surface area (Å²) in [5.41, 5.74) is 4.49. The number of aryl methyl sites for hydroxylation is 2. The fourth-order valence-corrected chi connectivity index (χ4v) is 3.73. The molecule has 1 heterocycles. The molecular weight excluding hydrogens is 350 g/mol. The van der Waals surface area contributed by atoms with Crippen LogP contribution in [0.15, 0.2) is 42.5 Å². The second kappa shape index (κ2) is 9.40. The van der Waals surface area contributed by atoms with Crippen molar-refractivity contribution in [2.24, 2.45) is 0 Å². The van der Waals surface area contributed by atoms with E-state index in [0.29, 0.717) is 5.56 Å². The van der Waals surface area contributed by atoms with Crippen LogP contribution in [0.1, 0.15) is 47.2 Å². The van der Waals surface area contributed by atoms with E-state index in [1.165, 1.54) is 25.7 Å². The number of anilines is 2. The Morgan fingerprint density at radius 1 is 0.929 bits per heavy atom. The van der Waals surface area contributed by atoms with Gasteiger partial charge in [-0.05, 0) is 51.0 Å². The molecule has 28 heavy (non-hydrogen) atoms. The lowest BCUT2D eigenvalue weighted by molar-refractivity contribution is -0.115. The summed E-state index contributed by atoms with van der Waals surface area (Å²) in [7, 11) is 0. The molecule has 0 aliphatic carbocycles. The molecule has 1 aliphatic heterocycles. The van der Waals surface area contributed by atoms with Gasteiger partial charge in [0.05, 0.1) is 17.9 Å². The number of rotatable bonds is 5. The Bertz CT molecular complexity index is 819. The minimum absolute atomic E-state index is 0.0554. The van der Waals surface area contributed by atoms with E-state index in [0.717, 1.165) is 35.6 Å². The predicted molar refractivity (Wildman–Crippen MR) is 114 cm³/mol. The SMILES string of the molecule is Cc1cc(C)cc(C(=O)NCC(=O)Nc2ccccc2N2CCCCCC2)c1. The van der Waals surface area contributed by atoms with E-state index in [-0.39, 0.29) is 18.4 Å². The molecule has 5 nitrogen and oxygen atoms in total. The van der Waals surface area contributed by atoms with Crippen LogP contribution in [0.3, 0.4) is 0 Å². The van der Waals surface area contributed by atoms with Gasteiger partial charge in [-0.3, -0.25) is 9.59 Å². The van der Waals surface area contributed by atoms with Gasteiger partial charge in [0.15, 0.2) is 0 Å². The first-order valence-corrected chi connectivity index (χ1v) is 10.0. The maximum absolute atomic E-state index is 12.4. The van der Waals surface area contributed by atoms with E-state index in [4.69, 9.17) is 0 Å². The Balaban J connectivity index is 1.61. The van der Waals surface area contributed by atoms with Gasteiger partial charge >= 0.3 is 0 Å². The van der Waals surface area contributed by atoms with Crippen LogP contribution in [0.4, 0.5) is 11.4 Å². The normalized spacial score (nSPS) is 14.3. The minimum Gasteiger partial charge on any atom is -0.370 e. The molecule has 3 rings (SSSR count). The van der Waals surface area contributed by atoms with Crippen molar-refractivity contribution < 1.29 is 9.59 Å². The number of benzene rings is 2. The highest BCUT2D eigenvalue weighted by atomic mass is 16.2. The van der Waals surface area contributed by atoms with Crippen LogP contribution in [-0.4, -0.2) is 31.4 Å². The third kappa shape index (κ3) is 5.35. The van der Waals surface area contributed by atoms with Gasteiger partial charge in [-0.2, -0.15) is 0 Å². The second-order valence-corrected chi connectivity index (χ2v) is 7.53. The average Bonchev–Trinajstić information content (AvgIpc) is 2.95. The molecule has 0 radical (unpaired) electrons. The van der Waals surface area contributed by atoms with Gasteiger partial charge in [-0.15, -0.1) is 0 Å². The van der Waals surface area contributed by atoms with Crippen molar-refractivity contribution in [1.82, 2.24) is 5.32 Å². The fraction of sp³-hybridized carbons (Fsp3) is 0.391. The summed E-state index contributed by atoms with van der Waals surface area (Å²) in [5.74, 6) is -0.456. The van der Waals surface area contributed by atoms with Crippen molar-refractivity contribution in [3.63, 3.8) is 0 Å². The molecule has 0 aromatic heterocycles. The lowest BCUT2D eigenvalue weighted by Gasteiger charge is -2.25. The van der Waals surface area contributed by atoms with Crippen molar-refractivity contribution in [2.75, 3.05) is 29.9 Å². The van der Waals surface area contributed by atoms with Gasteiger partial charge in [0.25, 0.3) is 5.91 Å². The summed E-state index contributed by atoms with van der Waals surface area (Å²) in [5, 5.41) is 5.68. The molecule has 0 unspecified atom stereocenters. The maximum atomic E-state index is 12.4. The Hall–Kier alpha value is -2.82. The first kappa shape index (κ1) is 19.9. The van der Waals surface area contributed by atoms with E-state index < -0.39 is 0 Å². The summed E-state index contributed by atoms with van der Waals surface area (Å²) < 4.78 is 0. The van der Waals surface area contributed by atoms with Crippen LogP contribution in [0.25, 0.3) is 0 Å². The molecular formula is C23H29N3O2. The molecule has 2 amide bonds. The second-order valence-electron chi connectivity index (χ2n) is 7.53. The first-order valence-electron chi connectivity index (χ1n) is 10.0. The Morgan fingerprint density at radius 3 is 2.25 bits per heavy atom. The smallest absolute Gasteiger partial charge is 0.251 e. The van der Waals surface area contributed by atoms with E-state index in [2.05, 4.69) is 21.6 Å². The van der Waals surface area contributed by atoms with Crippen LogP contribution in [0, 0.1) is 13.8 Å². The summed E-state index contributed by atoms with van der Waals surface area (Å²) in [6.07, 6.45) is 4.87. The van der Waals surface area contributed by atoms with Crippen LogP contribution in [0.5, 0.6) is 0 Å². The van der Waals surface area contributed by atoms with E-state index in [1.54, 1.807) is 0 Å². The molecule has 0 spiro atoms. The molecule has 2 aromatic carbocycles. The first-order chi connectivity index (χ1) is 13.5. The van der Waals surface area contributed by atoms with Crippen molar-refractivity contribution in [1.29, 1.82) is 0 Å².